The van der Waals surface area contributed by atoms with E-state index in [9.17, 15) is 48.9 Å². The summed E-state index contributed by atoms with van der Waals surface area (Å²) in [5.74, 6) is -7.24. The minimum Gasteiger partial charge on any atom is -0.508 e. The van der Waals surface area contributed by atoms with Gasteiger partial charge < -0.3 is 68.5 Å². The number of rotatable bonds is 21. The van der Waals surface area contributed by atoms with Crippen molar-refractivity contribution in [1.29, 1.82) is 0 Å². The van der Waals surface area contributed by atoms with Gasteiger partial charge >= 0.3 is 41.8 Å². The van der Waals surface area contributed by atoms with Crippen LogP contribution in [-0.2, 0) is 56.8 Å². The third-order valence-electron chi connectivity index (χ3n) is 10.8. The van der Waals surface area contributed by atoms with Crippen LogP contribution in [0.3, 0.4) is 0 Å². The molecule has 0 unspecified atom stereocenters. The number of phenols is 4. The summed E-state index contributed by atoms with van der Waals surface area (Å²) in [5, 5.41) is 55.8. The van der Waals surface area contributed by atoms with E-state index in [-0.39, 0.29) is 96.1 Å². The van der Waals surface area contributed by atoms with Crippen molar-refractivity contribution in [1.82, 2.24) is 0 Å². The molecule has 0 aliphatic heterocycles. The maximum Gasteiger partial charge on any atom is 0.342 e. The number of carboxylic acid groups (broad SMARTS) is 2. The van der Waals surface area contributed by atoms with Crippen LogP contribution >= 0.6 is 21.4 Å². The highest BCUT2D eigenvalue weighted by Crippen LogP contribution is 2.34. The predicted octanol–water partition coefficient (Wildman–Crippen LogP) is 7.10. The second-order valence-corrected chi connectivity index (χ2v) is 18.4. The molecular formula is C49H62Cl2O22S. The highest BCUT2D eigenvalue weighted by molar-refractivity contribution is 8.26. The average Bonchev–Trinajstić information content (AvgIpc) is 3.37. The van der Waals surface area contributed by atoms with Crippen molar-refractivity contribution in [2.45, 2.75) is 72.1 Å². The second-order valence-electron chi connectivity index (χ2n) is 15.9. The number of benzene rings is 3. The number of aromatic hydroxyl groups is 4. The van der Waals surface area contributed by atoms with E-state index in [0.29, 0.717) is 77.8 Å². The number of halogens is 2. The lowest BCUT2D eigenvalue weighted by Crippen LogP contribution is -2.30. The van der Waals surface area contributed by atoms with Crippen LogP contribution in [0.2, 0.25) is 0 Å². The zero-order valence-electron chi connectivity index (χ0n) is 40.9. The third-order valence-corrected chi connectivity index (χ3v) is 10.8. The first kappa shape index (κ1) is 63.9. The Bertz CT molecular complexity index is 2190. The fraction of sp³-hybridized carbons (Fsp3) is 0.490. The normalized spacial score (nSPS) is 16.7. The molecule has 2 aliphatic carbocycles. The van der Waals surface area contributed by atoms with Gasteiger partial charge in [0.15, 0.2) is 0 Å². The molecule has 22 nitrogen and oxygen atoms in total. The van der Waals surface area contributed by atoms with Gasteiger partial charge in [0.25, 0.3) is 0 Å². The SMILES string of the molecule is CCOCCOC(=O)c1cc(O)ccc1O.CCOCCOC(=O)c1cc(OC(=O)C2CCC(C(=O)Oc3ccc(O)c(C(=O)OCCOCC)c3)CC2)ccc1O.O=C(O)C1CCC(C(=O)O)CC1.O=S(Cl)Cl. The van der Waals surface area contributed by atoms with Gasteiger partial charge in [-0.05, 0) is 127 Å². The maximum atomic E-state index is 12.8. The van der Waals surface area contributed by atoms with Crippen LogP contribution in [0.1, 0.15) is 103 Å². The number of carboxylic acids is 2. The van der Waals surface area contributed by atoms with Crippen molar-refractivity contribution in [2.75, 3.05) is 59.5 Å². The molecule has 5 rings (SSSR count). The topological polar surface area (TPSA) is 332 Å². The highest BCUT2D eigenvalue weighted by Gasteiger charge is 2.33. The lowest BCUT2D eigenvalue weighted by molar-refractivity contribution is -0.148. The van der Waals surface area contributed by atoms with Crippen LogP contribution in [0, 0.1) is 23.7 Å². The summed E-state index contributed by atoms with van der Waals surface area (Å²) < 4.78 is 50.2. The average molecular weight is 1110 g/mol. The summed E-state index contributed by atoms with van der Waals surface area (Å²) in [6.07, 6.45) is 3.51. The Morgan fingerprint density at radius 3 is 1.05 bits per heavy atom. The molecule has 2 aliphatic rings. The van der Waals surface area contributed by atoms with Crippen LogP contribution in [-0.4, -0.2) is 136 Å². The van der Waals surface area contributed by atoms with Gasteiger partial charge in [-0.15, -0.1) is 0 Å². The van der Waals surface area contributed by atoms with E-state index < -0.39 is 62.8 Å². The van der Waals surface area contributed by atoms with Crippen LogP contribution in [0.15, 0.2) is 54.6 Å². The van der Waals surface area contributed by atoms with Crippen LogP contribution < -0.4 is 9.47 Å². The smallest absolute Gasteiger partial charge is 0.342 e. The van der Waals surface area contributed by atoms with Gasteiger partial charge in [-0.1, -0.05) is 0 Å². The van der Waals surface area contributed by atoms with E-state index in [4.69, 9.17) is 57.4 Å². The highest BCUT2D eigenvalue weighted by atomic mass is 36.0. The van der Waals surface area contributed by atoms with E-state index in [1.54, 1.807) is 0 Å². The molecule has 0 radical (unpaired) electrons. The first-order valence-electron chi connectivity index (χ1n) is 23.3. The molecule has 2 saturated carbocycles. The van der Waals surface area contributed by atoms with Crippen molar-refractivity contribution < 1.29 is 106 Å². The van der Waals surface area contributed by atoms with Crippen LogP contribution in [0.5, 0.6) is 34.5 Å². The molecule has 0 saturated heterocycles. The molecule has 0 aromatic heterocycles. The molecule has 6 N–H and O–H groups in total. The lowest BCUT2D eigenvalue weighted by Gasteiger charge is -2.26. The van der Waals surface area contributed by atoms with Crippen LogP contribution in [0.4, 0.5) is 0 Å². The molecule has 25 heteroatoms. The summed E-state index contributed by atoms with van der Waals surface area (Å²) in [7, 11) is 7.36. The quantitative estimate of drug-likeness (QED) is 0.0155. The zero-order chi connectivity index (χ0) is 55.2. The number of hydrogen-bond acceptors (Lipinski definition) is 20. The summed E-state index contributed by atoms with van der Waals surface area (Å²) in [6.45, 7) is 7.84. The number of ether oxygens (including phenoxy) is 8. The Kier molecular flexibility index (Phi) is 30.3. The minimum absolute atomic E-state index is 0.0111. The summed E-state index contributed by atoms with van der Waals surface area (Å²) in [4.78, 5) is 82.5. The largest absolute Gasteiger partial charge is 0.508 e. The molecule has 74 heavy (non-hydrogen) atoms. The number of phenolic OH excluding ortho intramolecular Hbond substituents is 4. The first-order valence-corrected chi connectivity index (χ1v) is 26.1. The fourth-order valence-corrected chi connectivity index (χ4v) is 6.97. The maximum absolute atomic E-state index is 12.8. The minimum atomic E-state index is -1.67. The van der Waals surface area contributed by atoms with E-state index in [2.05, 4.69) is 21.4 Å². The first-order chi connectivity index (χ1) is 35.2. The Morgan fingerprint density at radius 1 is 0.473 bits per heavy atom. The number of carbonyl (C=O) groups excluding carboxylic acids is 5. The molecule has 0 bridgehead atoms. The molecule has 2 fully saturated rings. The van der Waals surface area contributed by atoms with Gasteiger partial charge in [-0.3, -0.25) is 19.2 Å². The van der Waals surface area contributed by atoms with E-state index >= 15 is 0 Å². The Morgan fingerprint density at radius 2 is 0.757 bits per heavy atom. The van der Waals surface area contributed by atoms with Gasteiger partial charge in [-0.25, -0.2) is 18.6 Å². The number of aliphatic carboxylic acids is 2. The van der Waals surface area contributed by atoms with E-state index in [0.717, 1.165) is 6.07 Å². The summed E-state index contributed by atoms with van der Waals surface area (Å²) >= 11 is 0. The Labute approximate surface area is 438 Å². The Hall–Kier alpha value is -6.24. The number of carbonyl (C=O) groups is 7. The van der Waals surface area contributed by atoms with Gasteiger partial charge in [0.2, 0.25) is 9.23 Å². The molecule has 0 amide bonds. The van der Waals surface area contributed by atoms with Crippen molar-refractivity contribution >= 4 is 72.4 Å². The number of hydrogen-bond donors (Lipinski definition) is 6. The molecule has 0 spiro atoms. The van der Waals surface area contributed by atoms with Crippen molar-refractivity contribution in [2.24, 2.45) is 23.7 Å². The van der Waals surface area contributed by atoms with Crippen molar-refractivity contribution in [3.63, 3.8) is 0 Å². The molecular weight excluding hydrogens is 1040 g/mol. The van der Waals surface area contributed by atoms with E-state index in [1.165, 1.54) is 48.5 Å². The van der Waals surface area contributed by atoms with Gasteiger partial charge in [0.1, 0.15) is 71.0 Å². The monoisotopic (exact) mass is 1100 g/mol. The molecule has 3 aromatic rings. The lowest BCUT2D eigenvalue weighted by atomic mass is 9.82. The molecule has 410 valence electrons. The molecule has 0 heterocycles. The van der Waals surface area contributed by atoms with Gasteiger partial charge in [0.05, 0.1) is 43.5 Å². The van der Waals surface area contributed by atoms with Gasteiger partial charge in [-0.2, -0.15) is 0 Å². The number of esters is 5. The standard InChI is InChI=1S/C30H36O12.C11H14O5.C8H12O4.Cl2OS/c1-3-37-13-15-39-29(35)23-17-21(9-11-25(23)31)41-27(33)19-5-7-20(8-6-19)28(34)42-22-10-12-26(32)24(18-22)30(36)40-16-14-38-4-2;1-2-15-5-6-16-11(14)9-7-8(12)3-4-10(9)13;9-7(10)5-1-2-6(4-3-5)8(11)12;1-4(2)3/h9-12,17-20,31-32H,3-8,13-16H2,1-2H3;3-4,7,12-13H,2,5-6H2,1H3;5-6H,1-4H2,(H,9,10)(H,11,12);. The summed E-state index contributed by atoms with van der Waals surface area (Å²) in [5.41, 5.74) is -0.338. The van der Waals surface area contributed by atoms with Crippen LogP contribution in [0.25, 0.3) is 0 Å². The molecule has 3 aromatic carbocycles. The zero-order valence-corrected chi connectivity index (χ0v) is 43.2. The van der Waals surface area contributed by atoms with E-state index in [1.807, 2.05) is 20.8 Å². The van der Waals surface area contributed by atoms with Crippen molar-refractivity contribution in [3.05, 3.63) is 71.3 Å². The van der Waals surface area contributed by atoms with Crippen molar-refractivity contribution in [3.8, 4) is 34.5 Å². The predicted molar refractivity (Wildman–Crippen MR) is 264 cm³/mol. The third kappa shape index (κ3) is 24.2. The second kappa shape index (κ2) is 35.0. The Balaban J connectivity index is 0.000000472. The fourth-order valence-electron chi connectivity index (χ4n) is 6.97. The summed E-state index contributed by atoms with van der Waals surface area (Å²) in [6, 6.07) is 11.4. The molecule has 0 atom stereocenters. The van der Waals surface area contributed by atoms with Gasteiger partial charge in [0, 0.05) is 41.2 Å².